The van der Waals surface area contributed by atoms with E-state index in [4.69, 9.17) is 19.7 Å². The first kappa shape index (κ1) is 21.9. The van der Waals surface area contributed by atoms with Crippen molar-refractivity contribution in [1.29, 1.82) is 5.26 Å². The third-order valence-electron chi connectivity index (χ3n) is 6.32. The molecule has 172 valence electrons. The Labute approximate surface area is 198 Å². The van der Waals surface area contributed by atoms with Crippen LogP contribution in [0, 0.1) is 11.3 Å². The number of hydrogen-bond donors (Lipinski definition) is 1. The van der Waals surface area contributed by atoms with E-state index in [0.717, 1.165) is 34.7 Å². The number of fused-ring (bicyclic) bond motifs is 3. The van der Waals surface area contributed by atoms with Gasteiger partial charge in [0.15, 0.2) is 0 Å². The zero-order valence-corrected chi connectivity index (χ0v) is 19.1. The third-order valence-corrected chi connectivity index (χ3v) is 6.32. The number of nitrogens with zero attached hydrogens (tertiary/aromatic N) is 3. The molecule has 0 radical (unpaired) electrons. The van der Waals surface area contributed by atoms with Gasteiger partial charge in [-0.3, -0.25) is 4.98 Å². The maximum absolute atomic E-state index is 13.0. The summed E-state index contributed by atoms with van der Waals surface area (Å²) in [4.78, 5) is 19.8. The molecule has 1 aromatic heterocycles. The van der Waals surface area contributed by atoms with Gasteiger partial charge in [0.25, 0.3) is 0 Å². The molecule has 0 spiro atoms. The molecule has 2 aromatic carbocycles. The number of hydrogen-bond acceptors (Lipinski definition) is 5. The fourth-order valence-electron chi connectivity index (χ4n) is 4.55. The van der Waals surface area contributed by atoms with Crippen molar-refractivity contribution in [2.75, 3.05) is 11.9 Å². The van der Waals surface area contributed by atoms with Crippen LogP contribution in [0.1, 0.15) is 40.6 Å². The van der Waals surface area contributed by atoms with Crippen molar-refractivity contribution < 1.29 is 14.3 Å². The quantitative estimate of drug-likeness (QED) is 0.623. The van der Waals surface area contributed by atoms with Crippen LogP contribution >= 0.6 is 0 Å². The van der Waals surface area contributed by atoms with E-state index in [0.29, 0.717) is 44.0 Å². The van der Waals surface area contributed by atoms with Crippen LogP contribution in [-0.2, 0) is 37.3 Å². The summed E-state index contributed by atoms with van der Waals surface area (Å²) in [7, 11) is 0. The first-order valence-corrected chi connectivity index (χ1v) is 11.5. The van der Waals surface area contributed by atoms with Crippen LogP contribution in [0.4, 0.5) is 10.5 Å². The summed E-state index contributed by atoms with van der Waals surface area (Å²) in [5.74, 6) is 0.819. The second-order valence-corrected chi connectivity index (χ2v) is 8.66. The summed E-state index contributed by atoms with van der Waals surface area (Å²) in [6, 6.07) is 18.6. The maximum atomic E-state index is 13.0. The van der Waals surface area contributed by atoms with Crippen molar-refractivity contribution >= 4 is 11.7 Å². The van der Waals surface area contributed by atoms with E-state index in [2.05, 4.69) is 18.3 Å². The lowest BCUT2D eigenvalue weighted by molar-refractivity contribution is 0.0390. The molecule has 34 heavy (non-hydrogen) atoms. The van der Waals surface area contributed by atoms with Gasteiger partial charge < -0.3 is 19.7 Å². The summed E-state index contributed by atoms with van der Waals surface area (Å²) in [6.45, 7) is 4.04. The number of pyridine rings is 1. The van der Waals surface area contributed by atoms with Crippen molar-refractivity contribution in [1.82, 2.24) is 9.88 Å². The van der Waals surface area contributed by atoms with Gasteiger partial charge in [0.05, 0.1) is 30.0 Å². The molecule has 7 nitrogen and oxygen atoms in total. The fourth-order valence-corrected chi connectivity index (χ4v) is 4.55. The third kappa shape index (κ3) is 4.59. The summed E-state index contributed by atoms with van der Waals surface area (Å²) in [6.07, 6.45) is 1.55. The highest BCUT2D eigenvalue weighted by molar-refractivity contribution is 5.89. The first-order valence-electron chi connectivity index (χ1n) is 11.5. The van der Waals surface area contributed by atoms with E-state index in [-0.39, 0.29) is 12.1 Å². The molecule has 0 saturated heterocycles. The van der Waals surface area contributed by atoms with E-state index >= 15 is 0 Å². The number of aromatic nitrogens is 1. The van der Waals surface area contributed by atoms with Crippen LogP contribution in [0.25, 0.3) is 0 Å². The minimum atomic E-state index is -0.184. The highest BCUT2D eigenvalue weighted by Gasteiger charge is 2.30. The van der Waals surface area contributed by atoms with Crippen molar-refractivity contribution in [2.45, 2.75) is 45.6 Å². The molecule has 3 aromatic rings. The number of nitriles is 1. The number of urea groups is 1. The lowest BCUT2D eigenvalue weighted by Crippen LogP contribution is -2.40. The molecule has 7 heteroatoms. The minimum Gasteiger partial charge on any atom is -0.487 e. The Kier molecular flexibility index (Phi) is 6.15. The number of para-hydroxylation sites is 1. The van der Waals surface area contributed by atoms with Gasteiger partial charge in [-0.1, -0.05) is 24.3 Å². The second kappa shape index (κ2) is 9.54. The number of carbonyl (C=O) groups excluding carboxylic acids is 1. The van der Waals surface area contributed by atoms with Crippen molar-refractivity contribution in [3.63, 3.8) is 0 Å². The number of anilines is 1. The highest BCUT2D eigenvalue weighted by Crippen LogP contribution is 2.32. The standard InChI is InChI=1S/C27H26N4O3/c1-18-12-22-24(16-33-18)23-15-31(27(32)29-20-7-5-6-19(13-20)14-28)11-10-25(23)30-26(22)17-34-21-8-3-2-4-9-21/h2-9,13,18H,10-12,15-17H2,1H3,(H,29,32)/t18-/m0/s1. The van der Waals surface area contributed by atoms with Crippen molar-refractivity contribution in [3.05, 3.63) is 88.2 Å². The van der Waals surface area contributed by atoms with Gasteiger partial charge >= 0.3 is 6.03 Å². The van der Waals surface area contributed by atoms with Gasteiger partial charge in [0, 0.05) is 37.3 Å². The number of ether oxygens (including phenoxy) is 2. The Morgan fingerprint density at radius 2 is 2.06 bits per heavy atom. The summed E-state index contributed by atoms with van der Waals surface area (Å²) in [5.41, 5.74) is 6.49. The molecule has 3 heterocycles. The fraction of sp³-hybridized carbons (Fsp3) is 0.296. The Morgan fingerprint density at radius 3 is 2.88 bits per heavy atom. The number of amides is 2. The van der Waals surface area contributed by atoms with Crippen LogP contribution in [0.15, 0.2) is 54.6 Å². The number of nitrogens with one attached hydrogen (secondary N) is 1. The molecule has 1 atom stereocenters. The van der Waals surface area contributed by atoms with Gasteiger partial charge in [-0.05, 0) is 53.9 Å². The molecule has 2 amide bonds. The molecule has 0 bridgehead atoms. The summed E-state index contributed by atoms with van der Waals surface area (Å²) in [5, 5.41) is 12.0. The van der Waals surface area contributed by atoms with Crippen LogP contribution in [0.2, 0.25) is 0 Å². The van der Waals surface area contributed by atoms with Gasteiger partial charge in [0.1, 0.15) is 12.4 Å². The van der Waals surface area contributed by atoms with Crippen LogP contribution in [-0.4, -0.2) is 28.6 Å². The Balaban J connectivity index is 1.38. The van der Waals surface area contributed by atoms with Crippen molar-refractivity contribution in [3.8, 4) is 11.8 Å². The smallest absolute Gasteiger partial charge is 0.322 e. The predicted molar refractivity (Wildman–Crippen MR) is 127 cm³/mol. The van der Waals surface area contributed by atoms with Crippen LogP contribution < -0.4 is 10.1 Å². The Hall–Kier alpha value is -3.89. The monoisotopic (exact) mass is 454 g/mol. The molecular weight excluding hydrogens is 428 g/mol. The molecule has 2 aliphatic rings. The Morgan fingerprint density at radius 1 is 1.21 bits per heavy atom. The van der Waals surface area contributed by atoms with Crippen LogP contribution in [0.3, 0.4) is 0 Å². The van der Waals surface area contributed by atoms with Gasteiger partial charge in [0.2, 0.25) is 0 Å². The molecule has 2 aliphatic heterocycles. The van der Waals surface area contributed by atoms with Crippen molar-refractivity contribution in [2.24, 2.45) is 0 Å². The number of carbonyl (C=O) groups is 1. The second-order valence-electron chi connectivity index (χ2n) is 8.66. The number of rotatable bonds is 4. The van der Waals surface area contributed by atoms with E-state index in [9.17, 15) is 4.79 Å². The average Bonchev–Trinajstić information content (AvgIpc) is 2.87. The average molecular weight is 455 g/mol. The van der Waals surface area contributed by atoms with Gasteiger partial charge in [-0.15, -0.1) is 0 Å². The molecular formula is C27H26N4O3. The summed E-state index contributed by atoms with van der Waals surface area (Å²) >= 11 is 0. The van der Waals surface area contributed by atoms with Gasteiger partial charge in [-0.25, -0.2) is 4.79 Å². The van der Waals surface area contributed by atoms with Crippen LogP contribution in [0.5, 0.6) is 5.75 Å². The molecule has 0 fully saturated rings. The normalized spacial score (nSPS) is 16.7. The molecule has 0 saturated carbocycles. The molecule has 0 aliphatic carbocycles. The van der Waals surface area contributed by atoms with E-state index in [1.165, 1.54) is 5.56 Å². The van der Waals surface area contributed by atoms with E-state index in [1.807, 2.05) is 30.3 Å². The van der Waals surface area contributed by atoms with E-state index < -0.39 is 0 Å². The Bertz CT molecular complexity index is 1250. The topological polar surface area (TPSA) is 87.5 Å². The predicted octanol–water partition coefficient (Wildman–Crippen LogP) is 4.58. The summed E-state index contributed by atoms with van der Waals surface area (Å²) < 4.78 is 12.0. The lowest BCUT2D eigenvalue weighted by Gasteiger charge is -2.34. The minimum absolute atomic E-state index is 0.109. The van der Waals surface area contributed by atoms with E-state index in [1.54, 1.807) is 29.2 Å². The largest absolute Gasteiger partial charge is 0.487 e. The SMILES string of the molecule is C[C@H]1Cc2c(COc3ccccc3)nc3c(c2CO1)CN(C(=O)Nc1cccc(C#N)c1)CC3. The first-order chi connectivity index (χ1) is 16.6. The zero-order valence-electron chi connectivity index (χ0n) is 19.1. The molecule has 1 N–H and O–H groups in total. The maximum Gasteiger partial charge on any atom is 0.322 e. The highest BCUT2D eigenvalue weighted by atomic mass is 16.5. The van der Waals surface area contributed by atoms with Gasteiger partial charge in [-0.2, -0.15) is 5.26 Å². The molecule has 5 rings (SSSR count). The zero-order chi connectivity index (χ0) is 23.5. The molecule has 0 unspecified atom stereocenters. The lowest BCUT2D eigenvalue weighted by atomic mass is 9.90. The number of benzene rings is 2.